The predicted molar refractivity (Wildman–Crippen MR) is 154 cm³/mol. The lowest BCUT2D eigenvalue weighted by Crippen LogP contribution is -2.44. The maximum absolute atomic E-state index is 13.1. The number of rotatable bonds is 17. The van der Waals surface area contributed by atoms with Gasteiger partial charge >= 0.3 is 0 Å². The number of aromatic hydroxyl groups is 1. The van der Waals surface area contributed by atoms with Crippen LogP contribution < -0.4 is 22.1 Å². The minimum absolute atomic E-state index is 0.0481. The Labute approximate surface area is 230 Å². The van der Waals surface area contributed by atoms with Gasteiger partial charge in [-0.15, -0.1) is 0 Å². The summed E-state index contributed by atoms with van der Waals surface area (Å²) < 4.78 is 0. The van der Waals surface area contributed by atoms with Crippen LogP contribution in [0.2, 0.25) is 0 Å². The van der Waals surface area contributed by atoms with Gasteiger partial charge in [-0.3, -0.25) is 14.4 Å². The van der Waals surface area contributed by atoms with Gasteiger partial charge in [0.1, 0.15) is 5.75 Å². The summed E-state index contributed by atoms with van der Waals surface area (Å²) in [6, 6.07) is 15.4. The average molecular weight is 543 g/mol. The zero-order valence-corrected chi connectivity index (χ0v) is 23.1. The van der Waals surface area contributed by atoms with Crippen molar-refractivity contribution in [2.45, 2.75) is 76.4 Å². The molecular weight excluding hydrogens is 500 g/mol. The first-order valence-electron chi connectivity index (χ1n) is 13.3. The van der Waals surface area contributed by atoms with Crippen LogP contribution in [-0.4, -0.2) is 52.5 Å². The Kier molecular flexibility index (Phi) is 14.5. The lowest BCUT2D eigenvalue weighted by atomic mass is 10.0. The number of hydrogen-bond donors (Lipinski definition) is 5. The van der Waals surface area contributed by atoms with Crippen LogP contribution in [-0.2, 0) is 27.2 Å². The summed E-state index contributed by atoms with van der Waals surface area (Å²) in [6.45, 7) is 2.48. The van der Waals surface area contributed by atoms with Crippen molar-refractivity contribution in [1.29, 1.82) is 0 Å². The van der Waals surface area contributed by atoms with Crippen LogP contribution in [0.3, 0.4) is 0 Å². The Morgan fingerprint density at radius 1 is 0.842 bits per heavy atom. The van der Waals surface area contributed by atoms with E-state index in [1.807, 2.05) is 37.3 Å². The molecule has 0 bridgehead atoms. The Balaban J connectivity index is 2.03. The zero-order valence-electron chi connectivity index (χ0n) is 22.2. The lowest BCUT2D eigenvalue weighted by Gasteiger charge is -2.23. The van der Waals surface area contributed by atoms with E-state index >= 15 is 0 Å². The molecule has 2 aromatic rings. The SMILES string of the molecule is CCSC(=O)C[C@H](CCCCN)NC(=O)C[C@H](Cc1ccc(O)cc1)NC(=O)C[C@@H](N)Cc1ccccc1. The van der Waals surface area contributed by atoms with Crippen LogP contribution in [0.5, 0.6) is 5.75 Å². The van der Waals surface area contributed by atoms with Gasteiger partial charge in [0, 0.05) is 37.4 Å². The molecule has 8 nitrogen and oxygen atoms in total. The summed E-state index contributed by atoms with van der Waals surface area (Å²) in [6.07, 6.45) is 3.75. The summed E-state index contributed by atoms with van der Waals surface area (Å²) >= 11 is 1.25. The lowest BCUT2D eigenvalue weighted by molar-refractivity contribution is -0.124. The van der Waals surface area contributed by atoms with Crippen LogP contribution >= 0.6 is 11.8 Å². The van der Waals surface area contributed by atoms with Crippen molar-refractivity contribution in [2.24, 2.45) is 11.5 Å². The Morgan fingerprint density at radius 3 is 2.13 bits per heavy atom. The minimum Gasteiger partial charge on any atom is -0.508 e. The monoisotopic (exact) mass is 542 g/mol. The fraction of sp³-hybridized carbons (Fsp3) is 0.483. The first-order chi connectivity index (χ1) is 18.3. The Morgan fingerprint density at radius 2 is 1.47 bits per heavy atom. The first-order valence-corrected chi connectivity index (χ1v) is 14.3. The number of phenols is 1. The second-order valence-electron chi connectivity index (χ2n) is 9.55. The highest BCUT2D eigenvalue weighted by atomic mass is 32.2. The van der Waals surface area contributed by atoms with E-state index in [0.29, 0.717) is 31.6 Å². The summed E-state index contributed by atoms with van der Waals surface area (Å²) in [5, 5.41) is 15.7. The standard InChI is InChI=1S/C29H42N4O4S/c1-2-38-29(37)20-24(10-6-7-15-30)32-28(36)19-25(17-22-11-13-26(34)14-12-22)33-27(35)18-23(31)16-21-8-4-3-5-9-21/h3-5,8-9,11-14,23-25,34H,2,6-7,10,15-20,30-31H2,1H3,(H,32,36)(H,33,35)/t23-,24-,25-/m0/s1. The van der Waals surface area contributed by atoms with Crippen LogP contribution in [0, 0.1) is 0 Å². The third kappa shape index (κ3) is 13.1. The molecule has 208 valence electrons. The normalized spacial score (nSPS) is 13.3. The van der Waals surface area contributed by atoms with E-state index in [4.69, 9.17) is 11.5 Å². The molecule has 0 aliphatic heterocycles. The number of carbonyl (C=O) groups excluding carboxylic acids is 3. The molecule has 0 spiro atoms. The summed E-state index contributed by atoms with van der Waals surface area (Å²) in [4.78, 5) is 38.2. The van der Waals surface area contributed by atoms with Gasteiger partial charge in [-0.25, -0.2) is 0 Å². The van der Waals surface area contributed by atoms with Gasteiger partial charge in [0.05, 0.1) is 0 Å². The van der Waals surface area contributed by atoms with E-state index in [1.165, 1.54) is 11.8 Å². The van der Waals surface area contributed by atoms with E-state index in [9.17, 15) is 19.5 Å². The van der Waals surface area contributed by atoms with Crippen LogP contribution in [0.15, 0.2) is 54.6 Å². The first kappa shape index (κ1) is 31.3. The number of benzene rings is 2. The average Bonchev–Trinajstić information content (AvgIpc) is 2.86. The highest BCUT2D eigenvalue weighted by Crippen LogP contribution is 2.15. The second-order valence-corrected chi connectivity index (χ2v) is 10.9. The van der Waals surface area contributed by atoms with Gasteiger partial charge in [-0.05, 0) is 61.2 Å². The quantitative estimate of drug-likeness (QED) is 0.193. The highest BCUT2D eigenvalue weighted by molar-refractivity contribution is 8.13. The zero-order chi connectivity index (χ0) is 27.8. The van der Waals surface area contributed by atoms with Crippen molar-refractivity contribution in [3.8, 4) is 5.75 Å². The smallest absolute Gasteiger partial charge is 0.222 e. The highest BCUT2D eigenvalue weighted by Gasteiger charge is 2.22. The fourth-order valence-corrected chi connectivity index (χ4v) is 4.94. The van der Waals surface area contributed by atoms with Crippen LogP contribution in [0.25, 0.3) is 0 Å². The molecule has 38 heavy (non-hydrogen) atoms. The molecule has 0 heterocycles. The van der Waals surface area contributed by atoms with Crippen LogP contribution in [0.4, 0.5) is 0 Å². The van der Waals surface area contributed by atoms with E-state index in [2.05, 4.69) is 10.6 Å². The molecule has 0 radical (unpaired) electrons. The van der Waals surface area contributed by atoms with Crippen LogP contribution in [0.1, 0.15) is 56.6 Å². The number of thioether (sulfide) groups is 1. The van der Waals surface area contributed by atoms with Gasteiger partial charge in [0.15, 0.2) is 5.12 Å². The van der Waals surface area contributed by atoms with Gasteiger partial charge in [0.2, 0.25) is 11.8 Å². The van der Waals surface area contributed by atoms with Crippen molar-refractivity contribution < 1.29 is 19.5 Å². The van der Waals surface area contributed by atoms with Crippen molar-refractivity contribution in [1.82, 2.24) is 10.6 Å². The number of nitrogens with two attached hydrogens (primary N) is 2. The molecule has 0 aliphatic rings. The van der Waals surface area contributed by atoms with E-state index in [0.717, 1.165) is 24.0 Å². The molecular formula is C29H42N4O4S. The van der Waals surface area contributed by atoms with Gasteiger partial charge < -0.3 is 27.2 Å². The largest absolute Gasteiger partial charge is 0.508 e. The molecule has 7 N–H and O–H groups in total. The molecule has 0 unspecified atom stereocenters. The number of hydrogen-bond acceptors (Lipinski definition) is 7. The van der Waals surface area contributed by atoms with E-state index in [1.54, 1.807) is 24.3 Å². The minimum atomic E-state index is -0.471. The number of nitrogens with one attached hydrogen (secondary N) is 2. The van der Waals surface area contributed by atoms with E-state index in [-0.39, 0.29) is 54.0 Å². The molecule has 0 aromatic heterocycles. The molecule has 9 heteroatoms. The summed E-state index contributed by atoms with van der Waals surface area (Å²) in [5.74, 6) is 0.387. The van der Waals surface area contributed by atoms with Crippen molar-refractivity contribution >= 4 is 28.7 Å². The molecule has 2 rings (SSSR count). The number of carbonyl (C=O) groups is 3. The van der Waals surface area contributed by atoms with E-state index < -0.39 is 6.04 Å². The third-order valence-electron chi connectivity index (χ3n) is 6.09. The van der Waals surface area contributed by atoms with Crippen molar-refractivity contribution in [3.05, 3.63) is 65.7 Å². The Hall–Kier alpha value is -2.88. The summed E-state index contributed by atoms with van der Waals surface area (Å²) in [7, 11) is 0. The molecule has 2 aromatic carbocycles. The Bertz CT molecular complexity index is 988. The predicted octanol–water partition coefficient (Wildman–Crippen LogP) is 3.05. The molecule has 0 fully saturated rings. The number of unbranched alkanes of at least 4 members (excludes halogenated alkanes) is 1. The maximum atomic E-state index is 13.1. The van der Waals surface area contributed by atoms with Crippen molar-refractivity contribution in [3.63, 3.8) is 0 Å². The van der Waals surface area contributed by atoms with Gasteiger partial charge in [0.25, 0.3) is 0 Å². The van der Waals surface area contributed by atoms with Crippen molar-refractivity contribution in [2.75, 3.05) is 12.3 Å². The molecule has 3 atom stereocenters. The second kappa shape index (κ2) is 17.6. The maximum Gasteiger partial charge on any atom is 0.222 e. The number of phenolic OH excluding ortho intramolecular Hbond substituents is 1. The fourth-order valence-electron chi connectivity index (χ4n) is 4.30. The van der Waals surface area contributed by atoms with Gasteiger partial charge in [-0.2, -0.15) is 0 Å². The topological polar surface area (TPSA) is 148 Å². The molecule has 0 saturated carbocycles. The third-order valence-corrected chi connectivity index (χ3v) is 6.87. The number of amides is 2. The molecule has 2 amide bonds. The molecule has 0 saturated heterocycles. The summed E-state index contributed by atoms with van der Waals surface area (Å²) in [5.41, 5.74) is 13.8. The van der Waals surface area contributed by atoms with Gasteiger partial charge in [-0.1, -0.05) is 67.6 Å². The molecule has 0 aliphatic carbocycles.